The molecule has 0 fully saturated rings. The molecule has 4 rings (SSSR count). The van der Waals surface area contributed by atoms with Gasteiger partial charge in [-0.25, -0.2) is 4.79 Å². The van der Waals surface area contributed by atoms with Crippen molar-refractivity contribution >= 4 is 33.1 Å². The number of ether oxygens (including phenoxy) is 3. The first kappa shape index (κ1) is 19.7. The van der Waals surface area contributed by atoms with Crippen LogP contribution in [0.2, 0.25) is 0 Å². The van der Waals surface area contributed by atoms with Crippen molar-refractivity contribution in [1.82, 2.24) is 10.2 Å². The van der Waals surface area contributed by atoms with Crippen LogP contribution in [0.3, 0.4) is 0 Å². The average molecular weight is 425 g/mol. The Balaban J connectivity index is 1.65. The molecule has 0 atom stereocenters. The van der Waals surface area contributed by atoms with Gasteiger partial charge in [0.1, 0.15) is 0 Å². The van der Waals surface area contributed by atoms with Crippen molar-refractivity contribution < 1.29 is 18.6 Å². The van der Waals surface area contributed by atoms with E-state index in [1.807, 2.05) is 25.1 Å². The highest BCUT2D eigenvalue weighted by Crippen LogP contribution is 2.34. The normalized spacial score (nSPS) is 10.8. The van der Waals surface area contributed by atoms with Crippen molar-refractivity contribution in [2.24, 2.45) is 0 Å². The van der Waals surface area contributed by atoms with E-state index < -0.39 is 5.63 Å². The number of hydrogen-bond donors (Lipinski definition) is 1. The maximum Gasteiger partial charge on any atom is 0.346 e. The van der Waals surface area contributed by atoms with Crippen molar-refractivity contribution in [2.75, 3.05) is 26.1 Å². The van der Waals surface area contributed by atoms with Gasteiger partial charge in [-0.15, -0.1) is 10.2 Å². The number of nitrogens with zero attached hydrogens (tertiary/aromatic N) is 2. The molecule has 8 nitrogen and oxygen atoms in total. The lowest BCUT2D eigenvalue weighted by molar-refractivity contribution is 0.337. The monoisotopic (exact) mass is 425 g/mol. The van der Waals surface area contributed by atoms with Crippen molar-refractivity contribution in [1.29, 1.82) is 0 Å². The van der Waals surface area contributed by atoms with E-state index in [0.717, 1.165) is 11.1 Å². The summed E-state index contributed by atoms with van der Waals surface area (Å²) >= 11 is 1.24. The van der Waals surface area contributed by atoms with E-state index in [4.69, 9.17) is 18.6 Å². The fraction of sp³-hybridized carbons (Fsp3) is 0.190. The van der Waals surface area contributed by atoms with Gasteiger partial charge in [-0.1, -0.05) is 23.5 Å². The molecule has 0 amide bonds. The molecule has 2 aromatic carbocycles. The summed E-state index contributed by atoms with van der Waals surface area (Å²) in [5, 5.41) is 13.2. The minimum absolute atomic E-state index is 0.342. The van der Waals surface area contributed by atoms with Crippen LogP contribution in [-0.4, -0.2) is 31.0 Å². The van der Waals surface area contributed by atoms with Gasteiger partial charge >= 0.3 is 5.63 Å². The van der Waals surface area contributed by atoms with Gasteiger partial charge in [0.15, 0.2) is 27.8 Å². The van der Waals surface area contributed by atoms with E-state index in [-0.39, 0.29) is 0 Å². The summed E-state index contributed by atoms with van der Waals surface area (Å²) < 4.78 is 21.6. The Morgan fingerprint density at radius 1 is 1.03 bits per heavy atom. The lowest BCUT2D eigenvalue weighted by Crippen LogP contribution is -2.03. The lowest BCUT2D eigenvalue weighted by atomic mass is 10.2. The second-order valence-corrected chi connectivity index (χ2v) is 7.14. The topological polar surface area (TPSA) is 95.7 Å². The van der Waals surface area contributed by atoms with Gasteiger partial charge in [0.2, 0.25) is 5.13 Å². The highest BCUT2D eigenvalue weighted by atomic mass is 32.1. The zero-order chi connectivity index (χ0) is 21.1. The van der Waals surface area contributed by atoms with Crippen molar-refractivity contribution in [3.8, 4) is 27.8 Å². The van der Waals surface area contributed by atoms with Gasteiger partial charge < -0.3 is 23.9 Å². The molecule has 2 heterocycles. The minimum atomic E-state index is -0.497. The van der Waals surface area contributed by atoms with E-state index >= 15 is 0 Å². The predicted octanol–water partition coefficient (Wildman–Crippen LogP) is 4.47. The quantitative estimate of drug-likeness (QED) is 0.433. The van der Waals surface area contributed by atoms with Crippen LogP contribution in [0.4, 0.5) is 10.8 Å². The number of nitrogens with one attached hydrogen (secondary N) is 1. The van der Waals surface area contributed by atoms with E-state index in [9.17, 15) is 4.79 Å². The predicted molar refractivity (Wildman–Crippen MR) is 115 cm³/mol. The molecule has 0 aliphatic heterocycles. The summed E-state index contributed by atoms with van der Waals surface area (Å²) in [5.41, 5.74) is 1.01. The summed E-state index contributed by atoms with van der Waals surface area (Å²) in [7, 11) is 3.15. The summed E-state index contributed by atoms with van der Waals surface area (Å²) in [5.74, 6) is 1.75. The fourth-order valence-electron chi connectivity index (χ4n) is 2.96. The van der Waals surface area contributed by atoms with Crippen LogP contribution in [-0.2, 0) is 0 Å². The smallest absolute Gasteiger partial charge is 0.346 e. The largest absolute Gasteiger partial charge is 0.493 e. The number of rotatable bonds is 7. The Labute approximate surface area is 176 Å². The molecule has 0 aliphatic carbocycles. The van der Waals surface area contributed by atoms with Crippen LogP contribution < -0.4 is 25.2 Å². The zero-order valence-corrected chi connectivity index (χ0v) is 17.4. The standard InChI is InChI=1S/C21H19N3O5S/c1-4-28-16-7-5-6-12-10-14(20(25)29-18(12)16)19-23-24-21(30-19)22-13-8-9-15(26-2)17(11-13)27-3/h5-11H,4H2,1-3H3,(H,22,24). The van der Waals surface area contributed by atoms with Gasteiger partial charge in [-0.2, -0.15) is 0 Å². The molecule has 0 saturated carbocycles. The van der Waals surface area contributed by atoms with Crippen molar-refractivity contribution in [2.45, 2.75) is 6.92 Å². The second kappa shape index (κ2) is 8.42. The number of para-hydroxylation sites is 1. The van der Waals surface area contributed by atoms with Crippen LogP contribution in [0.5, 0.6) is 17.2 Å². The first-order valence-corrected chi connectivity index (χ1v) is 9.97. The third-order valence-corrected chi connectivity index (χ3v) is 5.19. The van der Waals surface area contributed by atoms with E-state index in [2.05, 4.69) is 15.5 Å². The van der Waals surface area contributed by atoms with Gasteiger partial charge in [0.25, 0.3) is 0 Å². The first-order valence-electron chi connectivity index (χ1n) is 9.15. The number of fused-ring (bicyclic) bond motifs is 1. The highest BCUT2D eigenvalue weighted by Gasteiger charge is 2.15. The number of aromatic nitrogens is 2. The summed E-state index contributed by atoms with van der Waals surface area (Å²) in [6.07, 6.45) is 0. The molecule has 0 unspecified atom stereocenters. The molecule has 0 aliphatic rings. The third-order valence-electron chi connectivity index (χ3n) is 4.31. The fourth-order valence-corrected chi connectivity index (χ4v) is 3.72. The molecule has 0 spiro atoms. The number of methoxy groups -OCH3 is 2. The van der Waals surface area contributed by atoms with E-state index in [1.54, 1.807) is 38.5 Å². The summed E-state index contributed by atoms with van der Waals surface area (Å²) in [6, 6.07) is 12.6. The Morgan fingerprint density at radius 3 is 2.63 bits per heavy atom. The van der Waals surface area contributed by atoms with E-state index in [0.29, 0.717) is 45.1 Å². The van der Waals surface area contributed by atoms with Gasteiger partial charge in [0.05, 0.1) is 26.4 Å². The summed E-state index contributed by atoms with van der Waals surface area (Å²) in [6.45, 7) is 2.35. The molecule has 9 heteroatoms. The number of hydrogen-bond acceptors (Lipinski definition) is 9. The molecule has 154 valence electrons. The van der Waals surface area contributed by atoms with Crippen LogP contribution in [0.1, 0.15) is 6.92 Å². The number of benzene rings is 2. The summed E-state index contributed by atoms with van der Waals surface area (Å²) in [4.78, 5) is 12.6. The van der Waals surface area contributed by atoms with Crippen molar-refractivity contribution in [3.63, 3.8) is 0 Å². The maximum atomic E-state index is 12.6. The Morgan fingerprint density at radius 2 is 1.87 bits per heavy atom. The molecule has 1 N–H and O–H groups in total. The number of anilines is 2. The van der Waals surface area contributed by atoms with E-state index in [1.165, 1.54) is 11.3 Å². The third kappa shape index (κ3) is 3.79. The molecule has 30 heavy (non-hydrogen) atoms. The SMILES string of the molecule is CCOc1cccc2cc(-c3nnc(Nc4ccc(OC)c(OC)c4)s3)c(=O)oc12. The Bertz CT molecular complexity index is 1250. The molecule has 4 aromatic rings. The second-order valence-electron chi connectivity index (χ2n) is 6.16. The molecular weight excluding hydrogens is 406 g/mol. The Hall–Kier alpha value is -3.59. The van der Waals surface area contributed by atoms with Gasteiger partial charge in [0, 0.05) is 17.1 Å². The van der Waals surface area contributed by atoms with Crippen LogP contribution in [0, 0.1) is 0 Å². The molecule has 0 saturated heterocycles. The molecular formula is C21H19N3O5S. The van der Waals surface area contributed by atoms with Crippen LogP contribution in [0.15, 0.2) is 51.7 Å². The van der Waals surface area contributed by atoms with Crippen LogP contribution in [0.25, 0.3) is 21.5 Å². The van der Waals surface area contributed by atoms with Crippen molar-refractivity contribution in [3.05, 3.63) is 52.9 Å². The molecule has 2 aromatic heterocycles. The molecule has 0 bridgehead atoms. The first-order chi connectivity index (χ1) is 14.6. The maximum absolute atomic E-state index is 12.6. The van der Waals surface area contributed by atoms with Gasteiger partial charge in [-0.05, 0) is 31.2 Å². The average Bonchev–Trinajstić information content (AvgIpc) is 3.22. The minimum Gasteiger partial charge on any atom is -0.493 e. The lowest BCUT2D eigenvalue weighted by Gasteiger charge is -2.09. The highest BCUT2D eigenvalue weighted by molar-refractivity contribution is 7.18. The van der Waals surface area contributed by atoms with Gasteiger partial charge in [-0.3, -0.25) is 0 Å². The van der Waals surface area contributed by atoms with Crippen LogP contribution >= 0.6 is 11.3 Å². The molecule has 0 radical (unpaired) electrons. The Kier molecular flexibility index (Phi) is 5.53. The zero-order valence-electron chi connectivity index (χ0n) is 16.6.